The number of halogens is 1. The molecular weight excluding hydrogens is 298 g/mol. The summed E-state index contributed by atoms with van der Waals surface area (Å²) in [7, 11) is 0. The molecule has 18 heavy (non-hydrogen) atoms. The Labute approximate surface area is 112 Å². The van der Waals surface area contributed by atoms with Gasteiger partial charge in [0.15, 0.2) is 5.78 Å². The number of carboxylic acids is 1. The molecule has 0 aliphatic rings. The summed E-state index contributed by atoms with van der Waals surface area (Å²) in [5.41, 5.74) is 1.51. The normalized spacial score (nSPS) is 10.7. The zero-order chi connectivity index (χ0) is 13.1. The zero-order valence-electron chi connectivity index (χ0n) is 9.57. The fourth-order valence-corrected chi connectivity index (χ4v) is 2.47. The van der Waals surface area contributed by atoms with Crippen molar-refractivity contribution in [1.82, 2.24) is 4.98 Å². The zero-order valence-corrected chi connectivity index (χ0v) is 11.2. The molecule has 0 fully saturated rings. The van der Waals surface area contributed by atoms with Gasteiger partial charge in [-0.15, -0.1) is 0 Å². The summed E-state index contributed by atoms with van der Waals surface area (Å²) in [5, 5.41) is 9.41. The topological polar surface area (TPSA) is 70.2 Å². The van der Waals surface area contributed by atoms with Gasteiger partial charge in [-0.3, -0.25) is 9.59 Å². The third kappa shape index (κ3) is 2.61. The number of aromatic nitrogens is 1. The average molecular weight is 310 g/mol. The second-order valence-electron chi connectivity index (χ2n) is 4.04. The molecule has 2 N–H and O–H groups in total. The lowest BCUT2D eigenvalue weighted by Crippen LogP contribution is -2.01. The molecule has 0 spiro atoms. The number of carbonyl (C=O) groups is 2. The highest BCUT2D eigenvalue weighted by Gasteiger charge is 2.14. The molecule has 2 rings (SSSR count). The number of H-pyrrole nitrogens is 1. The molecule has 0 radical (unpaired) electrons. The van der Waals surface area contributed by atoms with Crippen LogP contribution in [0.4, 0.5) is 0 Å². The molecule has 0 aliphatic heterocycles. The molecule has 0 saturated heterocycles. The van der Waals surface area contributed by atoms with Gasteiger partial charge in [-0.1, -0.05) is 22.0 Å². The minimum atomic E-state index is -0.872. The third-order valence-electron chi connectivity index (χ3n) is 2.75. The second kappa shape index (κ2) is 5.35. The maximum atomic E-state index is 12.0. The molecule has 5 heteroatoms. The highest BCUT2D eigenvalue weighted by atomic mass is 79.9. The fraction of sp³-hybridized carbons (Fsp3) is 0.231. The average Bonchev–Trinajstić information content (AvgIpc) is 2.73. The molecule has 0 amide bonds. The maximum Gasteiger partial charge on any atom is 0.303 e. The smallest absolute Gasteiger partial charge is 0.303 e. The Balaban J connectivity index is 2.20. The molecule has 1 aromatic carbocycles. The number of benzene rings is 1. The van der Waals surface area contributed by atoms with Gasteiger partial charge in [0.1, 0.15) is 0 Å². The largest absolute Gasteiger partial charge is 0.481 e. The van der Waals surface area contributed by atoms with Crippen molar-refractivity contribution in [2.24, 2.45) is 0 Å². The van der Waals surface area contributed by atoms with Crippen LogP contribution in [0, 0.1) is 0 Å². The Kier molecular flexibility index (Phi) is 3.81. The van der Waals surface area contributed by atoms with E-state index in [9.17, 15) is 9.59 Å². The van der Waals surface area contributed by atoms with Crippen molar-refractivity contribution in [3.8, 4) is 0 Å². The van der Waals surface area contributed by atoms with Crippen molar-refractivity contribution in [3.63, 3.8) is 0 Å². The molecular formula is C13H12BrNO3. The van der Waals surface area contributed by atoms with E-state index >= 15 is 0 Å². The highest BCUT2D eigenvalue weighted by molar-refractivity contribution is 9.10. The van der Waals surface area contributed by atoms with E-state index in [1.165, 1.54) is 0 Å². The highest BCUT2D eigenvalue weighted by Crippen LogP contribution is 2.27. The number of aliphatic carboxylic acids is 1. The van der Waals surface area contributed by atoms with Crippen LogP contribution in [-0.4, -0.2) is 21.8 Å². The van der Waals surface area contributed by atoms with Gasteiger partial charge >= 0.3 is 5.97 Å². The van der Waals surface area contributed by atoms with E-state index < -0.39 is 5.97 Å². The van der Waals surface area contributed by atoms with E-state index in [-0.39, 0.29) is 18.6 Å². The van der Waals surface area contributed by atoms with Gasteiger partial charge in [-0.05, 0) is 18.6 Å². The third-order valence-corrected chi connectivity index (χ3v) is 3.41. The lowest BCUT2D eigenvalue weighted by molar-refractivity contribution is -0.137. The molecule has 2 aromatic rings. The van der Waals surface area contributed by atoms with Crippen molar-refractivity contribution in [3.05, 3.63) is 34.4 Å². The number of aromatic amines is 1. The van der Waals surface area contributed by atoms with Gasteiger partial charge in [0.05, 0.1) is 0 Å². The monoisotopic (exact) mass is 309 g/mol. The molecule has 0 atom stereocenters. The summed E-state index contributed by atoms with van der Waals surface area (Å²) in [6, 6.07) is 5.67. The first-order chi connectivity index (χ1) is 8.59. The van der Waals surface area contributed by atoms with Crippen molar-refractivity contribution in [1.29, 1.82) is 0 Å². The van der Waals surface area contributed by atoms with Crippen LogP contribution in [-0.2, 0) is 4.79 Å². The molecule has 0 saturated carbocycles. The Morgan fingerprint density at radius 3 is 2.78 bits per heavy atom. The number of fused-ring (bicyclic) bond motifs is 1. The molecule has 0 bridgehead atoms. The minimum absolute atomic E-state index is 0.0231. The predicted octanol–water partition coefficient (Wildman–Crippen LogP) is 3.37. The number of Topliss-reactive ketones (excluding diaryl/α,β-unsaturated/α-hetero) is 1. The van der Waals surface area contributed by atoms with Crippen molar-refractivity contribution in [2.75, 3.05) is 0 Å². The lowest BCUT2D eigenvalue weighted by atomic mass is 10.0. The van der Waals surface area contributed by atoms with Crippen LogP contribution in [0.2, 0.25) is 0 Å². The van der Waals surface area contributed by atoms with Crippen LogP contribution in [0.3, 0.4) is 0 Å². The predicted molar refractivity (Wildman–Crippen MR) is 71.8 cm³/mol. The van der Waals surface area contributed by atoms with Crippen LogP contribution in [0.15, 0.2) is 28.9 Å². The number of rotatable bonds is 5. The van der Waals surface area contributed by atoms with E-state index in [4.69, 9.17) is 5.11 Å². The Morgan fingerprint density at radius 2 is 2.06 bits per heavy atom. The summed E-state index contributed by atoms with van der Waals surface area (Å²) < 4.78 is 0.864. The van der Waals surface area contributed by atoms with Crippen molar-refractivity contribution < 1.29 is 14.7 Å². The van der Waals surface area contributed by atoms with E-state index in [2.05, 4.69) is 20.9 Å². The summed E-state index contributed by atoms with van der Waals surface area (Å²) in [5.74, 6) is -0.905. The summed E-state index contributed by atoms with van der Waals surface area (Å²) in [4.78, 5) is 25.5. The maximum absolute atomic E-state index is 12.0. The van der Waals surface area contributed by atoms with Crippen LogP contribution in [0.5, 0.6) is 0 Å². The Hall–Kier alpha value is -1.62. The molecule has 1 aromatic heterocycles. The van der Waals surface area contributed by atoms with Gasteiger partial charge in [-0.2, -0.15) is 0 Å². The van der Waals surface area contributed by atoms with E-state index in [0.29, 0.717) is 12.0 Å². The quantitative estimate of drug-likeness (QED) is 0.832. The van der Waals surface area contributed by atoms with Crippen LogP contribution in [0.1, 0.15) is 29.6 Å². The van der Waals surface area contributed by atoms with Gasteiger partial charge < -0.3 is 10.1 Å². The van der Waals surface area contributed by atoms with Crippen LogP contribution >= 0.6 is 15.9 Å². The van der Waals surface area contributed by atoms with Crippen molar-refractivity contribution >= 4 is 38.6 Å². The van der Waals surface area contributed by atoms with Crippen LogP contribution in [0.25, 0.3) is 10.9 Å². The number of ketones is 1. The van der Waals surface area contributed by atoms with Gasteiger partial charge in [0.2, 0.25) is 0 Å². The number of hydrogen-bond acceptors (Lipinski definition) is 2. The SMILES string of the molecule is O=C(O)CCCC(=O)c1c[nH]c2cccc(Br)c12. The van der Waals surface area contributed by atoms with Crippen molar-refractivity contribution in [2.45, 2.75) is 19.3 Å². The lowest BCUT2D eigenvalue weighted by Gasteiger charge is -2.00. The number of hydrogen-bond donors (Lipinski definition) is 2. The molecule has 94 valence electrons. The van der Waals surface area contributed by atoms with Gasteiger partial charge in [0, 0.05) is 40.0 Å². The Morgan fingerprint density at radius 1 is 1.28 bits per heavy atom. The number of nitrogens with one attached hydrogen (secondary N) is 1. The molecule has 1 heterocycles. The second-order valence-corrected chi connectivity index (χ2v) is 4.89. The summed E-state index contributed by atoms with van der Waals surface area (Å²) >= 11 is 3.42. The summed E-state index contributed by atoms with van der Waals surface area (Å²) in [6.45, 7) is 0. The van der Waals surface area contributed by atoms with Gasteiger partial charge in [0.25, 0.3) is 0 Å². The molecule has 0 aliphatic carbocycles. The van der Waals surface area contributed by atoms with E-state index in [1.54, 1.807) is 6.20 Å². The van der Waals surface area contributed by atoms with E-state index in [0.717, 1.165) is 15.4 Å². The Bertz CT molecular complexity index is 603. The van der Waals surface area contributed by atoms with E-state index in [1.807, 2.05) is 18.2 Å². The first-order valence-corrected chi connectivity index (χ1v) is 6.39. The fourth-order valence-electron chi connectivity index (χ4n) is 1.89. The van der Waals surface area contributed by atoms with Gasteiger partial charge in [-0.25, -0.2) is 0 Å². The number of carboxylic acid groups (broad SMARTS) is 1. The minimum Gasteiger partial charge on any atom is -0.481 e. The molecule has 0 unspecified atom stereocenters. The van der Waals surface area contributed by atoms with Crippen LogP contribution < -0.4 is 0 Å². The first kappa shape index (κ1) is 12.8. The first-order valence-electron chi connectivity index (χ1n) is 5.60. The number of carbonyl (C=O) groups excluding carboxylic acids is 1. The summed E-state index contributed by atoms with van der Waals surface area (Å²) in [6.07, 6.45) is 2.32. The standard InChI is InChI=1S/C13H12BrNO3/c14-9-3-1-4-10-13(9)8(7-15-10)11(16)5-2-6-12(17)18/h1,3-4,7,15H,2,5-6H2,(H,17,18). The molecule has 4 nitrogen and oxygen atoms in total.